The summed E-state index contributed by atoms with van der Waals surface area (Å²) >= 11 is 6.13. The molecule has 1 aliphatic heterocycles. The Hall–Kier alpha value is -2.54. The summed E-state index contributed by atoms with van der Waals surface area (Å²) < 4.78 is 7.63. The molecule has 2 aliphatic rings. The molecule has 2 fully saturated rings. The SMILES string of the molecule is CC(C)(C)C(=O)N1CCN(c2cnn(-c3cccc(Cl)c3)c(=O)c2OC2CCCC2)CC1. The van der Waals surface area contributed by atoms with Gasteiger partial charge >= 0.3 is 5.56 Å². The number of carbonyl (C=O) groups is 1. The summed E-state index contributed by atoms with van der Waals surface area (Å²) in [6.45, 7) is 8.29. The number of hydrogen-bond donors (Lipinski definition) is 0. The molecule has 1 aromatic carbocycles. The number of rotatable bonds is 4. The number of carbonyl (C=O) groups excluding carboxylic acids is 1. The minimum atomic E-state index is -0.405. The van der Waals surface area contributed by atoms with Gasteiger partial charge in [-0.15, -0.1) is 0 Å². The molecule has 1 saturated carbocycles. The van der Waals surface area contributed by atoms with E-state index in [4.69, 9.17) is 16.3 Å². The maximum absolute atomic E-state index is 13.5. The molecule has 4 rings (SSSR count). The van der Waals surface area contributed by atoms with Crippen LogP contribution in [0.4, 0.5) is 5.69 Å². The van der Waals surface area contributed by atoms with Crippen LogP contribution >= 0.6 is 11.6 Å². The number of benzene rings is 1. The molecule has 1 aliphatic carbocycles. The Labute approximate surface area is 193 Å². The Kier molecular flexibility index (Phi) is 6.47. The van der Waals surface area contributed by atoms with E-state index < -0.39 is 5.41 Å². The van der Waals surface area contributed by atoms with E-state index in [1.54, 1.807) is 30.5 Å². The Balaban J connectivity index is 1.64. The average molecular weight is 459 g/mol. The van der Waals surface area contributed by atoms with Gasteiger partial charge < -0.3 is 14.5 Å². The lowest BCUT2D eigenvalue weighted by molar-refractivity contribution is -0.139. The summed E-state index contributed by atoms with van der Waals surface area (Å²) in [5.74, 6) is 0.483. The molecule has 1 saturated heterocycles. The van der Waals surface area contributed by atoms with Crippen molar-refractivity contribution >= 4 is 23.2 Å². The first-order valence-electron chi connectivity index (χ1n) is 11.3. The molecule has 0 N–H and O–H groups in total. The molecule has 0 unspecified atom stereocenters. The monoisotopic (exact) mass is 458 g/mol. The molecule has 0 atom stereocenters. The van der Waals surface area contributed by atoms with E-state index in [9.17, 15) is 9.59 Å². The highest BCUT2D eigenvalue weighted by molar-refractivity contribution is 6.30. The molecule has 7 nitrogen and oxygen atoms in total. The van der Waals surface area contributed by atoms with E-state index >= 15 is 0 Å². The fourth-order valence-corrected chi connectivity index (χ4v) is 4.54. The Bertz CT molecular complexity index is 1030. The van der Waals surface area contributed by atoms with Gasteiger partial charge in [-0.1, -0.05) is 38.4 Å². The summed E-state index contributed by atoms with van der Waals surface area (Å²) in [4.78, 5) is 30.1. The predicted octanol–water partition coefficient (Wildman–Crippen LogP) is 3.90. The Morgan fingerprint density at radius 1 is 1.12 bits per heavy atom. The Morgan fingerprint density at radius 3 is 2.44 bits per heavy atom. The van der Waals surface area contributed by atoms with Crippen LogP contribution in [0.3, 0.4) is 0 Å². The third-order valence-corrected chi connectivity index (χ3v) is 6.34. The van der Waals surface area contributed by atoms with Gasteiger partial charge in [-0.25, -0.2) is 0 Å². The lowest BCUT2D eigenvalue weighted by atomic mass is 9.94. The van der Waals surface area contributed by atoms with Crippen LogP contribution in [0.5, 0.6) is 5.75 Å². The number of hydrogen-bond acceptors (Lipinski definition) is 5. The molecule has 0 bridgehead atoms. The standard InChI is InChI=1S/C24H31ClN4O3/c1-24(2,3)23(31)28-13-11-27(12-14-28)20-16-26-29(18-8-6-7-17(25)15-18)22(30)21(20)32-19-9-4-5-10-19/h6-8,15-16,19H,4-5,9-14H2,1-3H3. The van der Waals surface area contributed by atoms with E-state index in [0.29, 0.717) is 48.3 Å². The summed E-state index contributed by atoms with van der Waals surface area (Å²) in [5, 5.41) is 4.98. The summed E-state index contributed by atoms with van der Waals surface area (Å²) in [7, 11) is 0. The van der Waals surface area contributed by atoms with E-state index in [1.165, 1.54) is 4.68 Å². The summed E-state index contributed by atoms with van der Waals surface area (Å²) in [6.07, 6.45) is 5.87. The summed E-state index contributed by atoms with van der Waals surface area (Å²) in [5.41, 5.74) is 0.608. The quantitative estimate of drug-likeness (QED) is 0.695. The fraction of sp³-hybridized carbons (Fsp3) is 0.542. The van der Waals surface area contributed by atoms with Gasteiger partial charge in [0.05, 0.1) is 18.0 Å². The van der Waals surface area contributed by atoms with Crippen molar-refractivity contribution in [2.24, 2.45) is 5.41 Å². The van der Waals surface area contributed by atoms with Crippen molar-refractivity contribution in [1.82, 2.24) is 14.7 Å². The highest BCUT2D eigenvalue weighted by Crippen LogP contribution is 2.30. The number of halogens is 1. The van der Waals surface area contributed by atoms with Crippen molar-refractivity contribution in [2.45, 2.75) is 52.6 Å². The van der Waals surface area contributed by atoms with Gasteiger partial charge in [0.2, 0.25) is 11.7 Å². The van der Waals surface area contributed by atoms with Crippen molar-refractivity contribution in [3.05, 3.63) is 45.8 Å². The van der Waals surface area contributed by atoms with Crippen molar-refractivity contribution in [1.29, 1.82) is 0 Å². The normalized spacial score (nSPS) is 17.6. The van der Waals surface area contributed by atoms with Crippen molar-refractivity contribution in [3.8, 4) is 11.4 Å². The van der Waals surface area contributed by atoms with Crippen molar-refractivity contribution in [3.63, 3.8) is 0 Å². The van der Waals surface area contributed by atoms with Crippen molar-refractivity contribution < 1.29 is 9.53 Å². The van der Waals surface area contributed by atoms with Crippen LogP contribution in [0.2, 0.25) is 5.02 Å². The number of anilines is 1. The molecule has 0 spiro atoms. The molecule has 32 heavy (non-hydrogen) atoms. The zero-order chi connectivity index (χ0) is 22.9. The third-order valence-electron chi connectivity index (χ3n) is 6.10. The maximum Gasteiger partial charge on any atom is 0.316 e. The van der Waals surface area contributed by atoms with Crippen LogP contribution in [-0.4, -0.2) is 52.9 Å². The minimum absolute atomic E-state index is 0.0421. The molecular weight excluding hydrogens is 428 g/mol. The second kappa shape index (κ2) is 9.14. The van der Waals surface area contributed by atoms with Crippen molar-refractivity contribution in [2.75, 3.05) is 31.1 Å². The first-order valence-corrected chi connectivity index (χ1v) is 11.7. The molecule has 2 aromatic rings. The number of aromatic nitrogens is 2. The molecule has 1 amide bonds. The number of amides is 1. The van der Waals surface area contributed by atoms with Gasteiger partial charge in [0.1, 0.15) is 5.69 Å². The van der Waals surface area contributed by atoms with Gasteiger partial charge in [-0.3, -0.25) is 9.59 Å². The van der Waals surface area contributed by atoms with Crippen LogP contribution in [0, 0.1) is 5.41 Å². The number of piperazine rings is 1. The highest BCUT2D eigenvalue weighted by Gasteiger charge is 2.31. The first kappa shape index (κ1) is 22.6. The Morgan fingerprint density at radius 2 is 1.81 bits per heavy atom. The number of nitrogens with zero attached hydrogens (tertiary/aromatic N) is 4. The largest absolute Gasteiger partial charge is 0.483 e. The lowest BCUT2D eigenvalue weighted by Crippen LogP contribution is -2.52. The van der Waals surface area contributed by atoms with Crippen LogP contribution < -0.4 is 15.2 Å². The lowest BCUT2D eigenvalue weighted by Gasteiger charge is -2.39. The maximum atomic E-state index is 13.5. The highest BCUT2D eigenvalue weighted by atomic mass is 35.5. The van der Waals surface area contributed by atoms with Crippen LogP contribution in [-0.2, 0) is 4.79 Å². The molecule has 8 heteroatoms. The zero-order valence-corrected chi connectivity index (χ0v) is 19.8. The minimum Gasteiger partial charge on any atom is -0.483 e. The molecular formula is C24H31ClN4O3. The number of ether oxygens (including phenoxy) is 1. The average Bonchev–Trinajstić information content (AvgIpc) is 3.27. The summed E-state index contributed by atoms with van der Waals surface area (Å²) in [6, 6.07) is 7.07. The van der Waals surface area contributed by atoms with E-state index in [1.807, 2.05) is 25.7 Å². The fourth-order valence-electron chi connectivity index (χ4n) is 4.35. The molecule has 172 valence electrons. The van der Waals surface area contributed by atoms with E-state index in [-0.39, 0.29) is 17.6 Å². The van der Waals surface area contributed by atoms with Gasteiger partial charge in [0.25, 0.3) is 0 Å². The molecule has 1 aromatic heterocycles. The van der Waals surface area contributed by atoms with Gasteiger partial charge in [-0.2, -0.15) is 9.78 Å². The second-order valence-corrected chi connectivity index (χ2v) is 10.0. The topological polar surface area (TPSA) is 67.7 Å². The zero-order valence-electron chi connectivity index (χ0n) is 19.0. The van der Waals surface area contributed by atoms with Crippen LogP contribution in [0.1, 0.15) is 46.5 Å². The van der Waals surface area contributed by atoms with Gasteiger partial charge in [0, 0.05) is 36.6 Å². The molecule has 0 radical (unpaired) electrons. The van der Waals surface area contributed by atoms with E-state index in [2.05, 4.69) is 10.00 Å². The predicted molar refractivity (Wildman–Crippen MR) is 126 cm³/mol. The molecule has 2 heterocycles. The van der Waals surface area contributed by atoms with Gasteiger partial charge in [0.15, 0.2) is 0 Å². The van der Waals surface area contributed by atoms with E-state index in [0.717, 1.165) is 25.7 Å². The smallest absolute Gasteiger partial charge is 0.316 e. The van der Waals surface area contributed by atoms with Crippen LogP contribution in [0.15, 0.2) is 35.3 Å². The van der Waals surface area contributed by atoms with Gasteiger partial charge in [-0.05, 0) is 43.9 Å². The third kappa shape index (κ3) is 4.77. The van der Waals surface area contributed by atoms with Crippen LogP contribution in [0.25, 0.3) is 5.69 Å². The first-order chi connectivity index (χ1) is 15.2. The second-order valence-electron chi connectivity index (χ2n) is 9.61.